The maximum Gasteiger partial charge on any atom is 0.256 e. The van der Waals surface area contributed by atoms with Crippen LogP contribution in [-0.2, 0) is 4.79 Å². The second-order valence-corrected chi connectivity index (χ2v) is 5.07. The van der Waals surface area contributed by atoms with Crippen LogP contribution in [0, 0.1) is 11.6 Å². The van der Waals surface area contributed by atoms with Crippen LogP contribution in [0.5, 0.6) is 0 Å². The average molecular weight is 335 g/mol. The van der Waals surface area contributed by atoms with E-state index < -0.39 is 29.9 Å². The van der Waals surface area contributed by atoms with Gasteiger partial charge in [0.25, 0.3) is 5.91 Å². The molecule has 0 atom stereocenters. The van der Waals surface area contributed by atoms with Gasteiger partial charge in [-0.25, -0.2) is 18.5 Å². The van der Waals surface area contributed by atoms with Crippen LogP contribution in [0.1, 0.15) is 11.2 Å². The van der Waals surface area contributed by atoms with Gasteiger partial charge in [-0.1, -0.05) is 6.07 Å². The van der Waals surface area contributed by atoms with Crippen LogP contribution in [0.25, 0.3) is 0 Å². The van der Waals surface area contributed by atoms with Crippen molar-refractivity contribution in [2.45, 2.75) is 6.42 Å². The summed E-state index contributed by atoms with van der Waals surface area (Å²) >= 11 is 0. The van der Waals surface area contributed by atoms with Crippen molar-refractivity contribution < 1.29 is 18.4 Å². The van der Waals surface area contributed by atoms with Crippen LogP contribution in [0.4, 0.5) is 20.2 Å². The van der Waals surface area contributed by atoms with Crippen molar-refractivity contribution >= 4 is 29.5 Å². The smallest absolute Gasteiger partial charge is 0.256 e. The first-order valence-corrected chi connectivity index (χ1v) is 6.89. The van der Waals surface area contributed by atoms with Crippen molar-refractivity contribution in [3.8, 4) is 0 Å². The highest BCUT2D eigenvalue weighted by molar-refractivity contribution is 6.04. The highest BCUT2D eigenvalue weighted by Crippen LogP contribution is 2.17. The Morgan fingerprint density at radius 3 is 2.83 bits per heavy atom. The van der Waals surface area contributed by atoms with Gasteiger partial charge in [0.2, 0.25) is 5.91 Å². The molecular formula is C15H15F2N5O2. The summed E-state index contributed by atoms with van der Waals surface area (Å²) in [5.41, 5.74) is 0.109. The van der Waals surface area contributed by atoms with Gasteiger partial charge in [-0.05, 0) is 12.1 Å². The molecule has 2 rings (SSSR count). The zero-order chi connectivity index (χ0) is 17.7. The minimum Gasteiger partial charge on any atom is -0.369 e. The van der Waals surface area contributed by atoms with E-state index in [2.05, 4.69) is 15.4 Å². The first kappa shape index (κ1) is 17.3. The second kappa shape index (κ2) is 7.44. The van der Waals surface area contributed by atoms with E-state index in [4.69, 9.17) is 0 Å². The van der Waals surface area contributed by atoms with Crippen LogP contribution in [0.15, 0.2) is 35.6 Å². The molecule has 0 saturated carbocycles. The van der Waals surface area contributed by atoms with Crippen LogP contribution in [-0.4, -0.2) is 46.9 Å². The van der Waals surface area contributed by atoms with E-state index in [-0.39, 0.29) is 5.69 Å². The first-order chi connectivity index (χ1) is 11.4. The highest BCUT2D eigenvalue weighted by atomic mass is 19.2. The molecule has 0 aliphatic heterocycles. The van der Waals surface area contributed by atoms with E-state index >= 15 is 0 Å². The minimum absolute atomic E-state index is 0.329. The number of nitrogens with zero attached hydrogens (tertiary/aromatic N) is 4. The lowest BCUT2D eigenvalue weighted by Crippen LogP contribution is -2.21. The zero-order valence-corrected chi connectivity index (χ0v) is 13.0. The van der Waals surface area contributed by atoms with Crippen molar-refractivity contribution in [3.05, 3.63) is 42.2 Å². The molecule has 0 aliphatic rings. The van der Waals surface area contributed by atoms with Crippen LogP contribution in [0.3, 0.4) is 0 Å². The third-order valence-corrected chi connectivity index (χ3v) is 2.80. The second-order valence-electron chi connectivity index (χ2n) is 5.07. The monoisotopic (exact) mass is 335 g/mol. The van der Waals surface area contributed by atoms with Gasteiger partial charge in [0.1, 0.15) is 12.1 Å². The maximum atomic E-state index is 13.5. The molecule has 2 aromatic rings. The van der Waals surface area contributed by atoms with Crippen molar-refractivity contribution in [1.82, 2.24) is 14.7 Å². The van der Waals surface area contributed by atoms with Crippen molar-refractivity contribution in [2.75, 3.05) is 19.4 Å². The van der Waals surface area contributed by atoms with E-state index in [1.807, 2.05) is 0 Å². The summed E-state index contributed by atoms with van der Waals surface area (Å²) in [6.45, 7) is 0. The summed E-state index contributed by atoms with van der Waals surface area (Å²) in [6, 6.07) is 3.37. The molecule has 7 nitrogen and oxygen atoms in total. The average Bonchev–Trinajstić information content (AvgIpc) is 2.99. The Hall–Kier alpha value is -3.10. The van der Waals surface area contributed by atoms with Crippen molar-refractivity contribution in [1.29, 1.82) is 0 Å². The van der Waals surface area contributed by atoms with Crippen molar-refractivity contribution in [2.24, 2.45) is 4.99 Å². The fourth-order valence-electron chi connectivity index (χ4n) is 1.71. The molecule has 9 heteroatoms. The molecule has 0 fully saturated rings. The molecule has 1 aromatic carbocycles. The number of carbonyl (C=O) groups excluding carboxylic acids is 2. The third-order valence-electron chi connectivity index (χ3n) is 2.80. The molecule has 0 radical (unpaired) electrons. The molecule has 0 bridgehead atoms. The van der Waals surface area contributed by atoms with Crippen molar-refractivity contribution in [3.63, 3.8) is 0 Å². The molecule has 0 aliphatic carbocycles. The van der Waals surface area contributed by atoms with Crippen LogP contribution in [0.2, 0.25) is 0 Å². The van der Waals surface area contributed by atoms with Crippen LogP contribution >= 0.6 is 0 Å². The molecule has 1 heterocycles. The fourth-order valence-corrected chi connectivity index (χ4v) is 1.71. The molecule has 1 amide bonds. The van der Waals surface area contributed by atoms with Gasteiger partial charge >= 0.3 is 0 Å². The quantitative estimate of drug-likeness (QED) is 0.515. The fraction of sp³-hybridized carbons (Fsp3) is 0.200. The summed E-state index contributed by atoms with van der Waals surface area (Å²) in [4.78, 5) is 29.5. The molecule has 0 unspecified atom stereocenters. The van der Waals surface area contributed by atoms with Gasteiger partial charge in [0.15, 0.2) is 11.6 Å². The highest BCUT2D eigenvalue weighted by Gasteiger charge is 2.15. The van der Waals surface area contributed by atoms with E-state index in [9.17, 15) is 18.4 Å². The maximum absolute atomic E-state index is 13.5. The Bertz CT molecular complexity index is 786. The predicted octanol–water partition coefficient (Wildman–Crippen LogP) is 2.05. The Balaban J connectivity index is 1.99. The lowest BCUT2D eigenvalue weighted by molar-refractivity contribution is -0.115. The van der Waals surface area contributed by atoms with Gasteiger partial charge in [0.05, 0.1) is 24.4 Å². The Kier molecular flexibility index (Phi) is 5.35. The van der Waals surface area contributed by atoms with Gasteiger partial charge in [-0.2, -0.15) is 5.10 Å². The van der Waals surface area contributed by atoms with Crippen LogP contribution < -0.4 is 5.32 Å². The molecular weight excluding hydrogens is 320 g/mol. The molecule has 1 N–H and O–H groups in total. The summed E-state index contributed by atoms with van der Waals surface area (Å²) in [7, 11) is 3.57. The third kappa shape index (κ3) is 4.45. The minimum atomic E-state index is -1.18. The first-order valence-electron chi connectivity index (χ1n) is 6.89. The number of benzene rings is 1. The zero-order valence-electron chi connectivity index (χ0n) is 13.0. The number of amides is 1. The largest absolute Gasteiger partial charge is 0.369 e. The van der Waals surface area contributed by atoms with Gasteiger partial charge in [-0.3, -0.25) is 9.59 Å². The lowest BCUT2D eigenvalue weighted by Gasteiger charge is -2.06. The summed E-state index contributed by atoms with van der Waals surface area (Å²) in [6.07, 6.45) is 3.68. The van der Waals surface area contributed by atoms with Gasteiger partial charge in [-0.15, -0.1) is 0 Å². The number of rotatable bonds is 5. The topological polar surface area (TPSA) is 79.6 Å². The molecule has 0 saturated heterocycles. The normalized spacial score (nSPS) is 10.8. The summed E-state index contributed by atoms with van der Waals surface area (Å²) in [5.74, 6) is -3.68. The summed E-state index contributed by atoms with van der Waals surface area (Å²) < 4.78 is 27.5. The number of hydrogen-bond donors (Lipinski definition) is 1. The molecule has 24 heavy (non-hydrogen) atoms. The number of hydrogen-bond acceptors (Lipinski definition) is 4. The Morgan fingerprint density at radius 2 is 2.12 bits per heavy atom. The van der Waals surface area contributed by atoms with E-state index in [1.54, 1.807) is 19.0 Å². The van der Waals surface area contributed by atoms with Gasteiger partial charge in [0, 0.05) is 14.1 Å². The van der Waals surface area contributed by atoms with E-state index in [0.29, 0.717) is 5.69 Å². The summed E-state index contributed by atoms with van der Waals surface area (Å²) in [5, 5.41) is 5.95. The molecule has 0 spiro atoms. The van der Waals surface area contributed by atoms with E-state index in [0.717, 1.165) is 10.7 Å². The molecule has 1 aromatic heterocycles. The lowest BCUT2D eigenvalue weighted by atomic mass is 10.2. The van der Waals surface area contributed by atoms with E-state index in [1.165, 1.54) is 30.9 Å². The number of nitrogens with one attached hydrogen (secondary N) is 1. The number of aliphatic imine (C=N–C) groups is 1. The number of carbonyl (C=O) groups is 2. The van der Waals surface area contributed by atoms with Gasteiger partial charge < -0.3 is 10.2 Å². The number of halogens is 2. The predicted molar refractivity (Wildman–Crippen MR) is 84.3 cm³/mol. The SMILES string of the molecule is CN(C)C=Nc1cnn(C(=O)CC(=O)Nc2cccc(F)c2F)c1. The Labute approximate surface area is 136 Å². The number of aromatic nitrogens is 2. The number of anilines is 1. The molecule has 126 valence electrons. The standard InChI is InChI=1S/C15H15F2N5O2/c1-21(2)9-18-10-7-19-22(8-10)14(24)6-13(23)20-12-5-3-4-11(16)15(12)17/h3-5,7-9H,6H2,1-2H3,(H,20,23). The Morgan fingerprint density at radius 1 is 1.38 bits per heavy atom.